The van der Waals surface area contributed by atoms with E-state index in [0.29, 0.717) is 0 Å². The molecule has 0 radical (unpaired) electrons. The number of nitrogens with zero attached hydrogens (tertiary/aromatic N) is 2. The molecule has 1 aliphatic rings. The maximum Gasteiger partial charge on any atom is 0.410 e. The fourth-order valence-corrected chi connectivity index (χ4v) is 2.88. The Labute approximate surface area is 139 Å². The van der Waals surface area contributed by atoms with Gasteiger partial charge in [-0.2, -0.15) is 4.39 Å². The number of likely N-dealkylation sites (tertiary alicyclic amines) is 1. The van der Waals surface area contributed by atoms with Crippen molar-refractivity contribution in [2.75, 3.05) is 13.1 Å². The van der Waals surface area contributed by atoms with Gasteiger partial charge in [0.05, 0.1) is 5.02 Å². The first-order valence-corrected chi connectivity index (χ1v) is 7.89. The second kappa shape index (κ2) is 6.23. The lowest BCUT2D eigenvalue weighted by Gasteiger charge is -2.41. The third kappa shape index (κ3) is 3.91. The van der Waals surface area contributed by atoms with Gasteiger partial charge in [0.25, 0.3) is 0 Å². The molecular formula is C16H21ClF2N2O2. The van der Waals surface area contributed by atoms with Crippen molar-refractivity contribution in [1.29, 1.82) is 0 Å². The Hall–Kier alpha value is -1.43. The largest absolute Gasteiger partial charge is 0.444 e. The van der Waals surface area contributed by atoms with Crippen LogP contribution in [0, 0.1) is 11.9 Å². The molecule has 0 saturated carbocycles. The van der Waals surface area contributed by atoms with Crippen LogP contribution in [0.25, 0.3) is 0 Å². The van der Waals surface area contributed by atoms with Crippen LogP contribution in [0.5, 0.6) is 0 Å². The summed E-state index contributed by atoms with van der Waals surface area (Å²) in [5, 5.41) is 0.181. The van der Waals surface area contributed by atoms with Gasteiger partial charge in [0.15, 0.2) is 0 Å². The minimum absolute atomic E-state index is 0.0354. The molecule has 0 N–H and O–H groups in total. The van der Waals surface area contributed by atoms with Crippen LogP contribution >= 0.6 is 11.6 Å². The average Bonchev–Trinajstić information content (AvgIpc) is 2.42. The highest BCUT2D eigenvalue weighted by Gasteiger charge is 2.46. The van der Waals surface area contributed by atoms with E-state index in [1.54, 1.807) is 27.7 Å². The number of alkyl halides is 1. The number of piperidine rings is 1. The highest BCUT2D eigenvalue weighted by atomic mass is 35.5. The van der Waals surface area contributed by atoms with E-state index in [9.17, 15) is 9.18 Å². The third-order valence-corrected chi connectivity index (χ3v) is 4.13. The van der Waals surface area contributed by atoms with Gasteiger partial charge in [-0.15, -0.1) is 0 Å². The standard InChI is InChI=1S/C16H21ClF2N2O2/c1-10-9-21(14(22)23-15(2,3)4)6-5-16(10,19)12-7-11(17)8-20-13(12)18/h7-8,10H,5-6,9H2,1-4H3/t10-,16-/m0/s1. The molecule has 1 aromatic rings. The molecule has 23 heavy (non-hydrogen) atoms. The summed E-state index contributed by atoms with van der Waals surface area (Å²) in [5.41, 5.74) is -2.69. The number of rotatable bonds is 1. The predicted molar refractivity (Wildman–Crippen MR) is 83.6 cm³/mol. The molecule has 0 spiro atoms. The summed E-state index contributed by atoms with van der Waals surface area (Å²) in [5.74, 6) is -1.48. The van der Waals surface area contributed by atoms with E-state index in [1.165, 1.54) is 11.0 Å². The topological polar surface area (TPSA) is 42.4 Å². The first-order valence-electron chi connectivity index (χ1n) is 7.51. The Bertz CT molecular complexity index is 606. The summed E-state index contributed by atoms with van der Waals surface area (Å²) in [6, 6.07) is 1.27. The van der Waals surface area contributed by atoms with E-state index >= 15 is 4.39 Å². The van der Waals surface area contributed by atoms with Crippen molar-refractivity contribution in [3.05, 3.63) is 28.8 Å². The van der Waals surface area contributed by atoms with Crippen molar-refractivity contribution < 1.29 is 18.3 Å². The average molecular weight is 347 g/mol. The molecule has 1 saturated heterocycles. The summed E-state index contributed by atoms with van der Waals surface area (Å²) < 4.78 is 34.6. The molecule has 128 valence electrons. The maximum absolute atomic E-state index is 15.4. The number of halogens is 3. The summed E-state index contributed by atoms with van der Waals surface area (Å²) in [6.07, 6.45) is 0.618. The number of hydrogen-bond donors (Lipinski definition) is 0. The van der Waals surface area contributed by atoms with Crippen LogP contribution in [0.1, 0.15) is 39.7 Å². The molecule has 0 unspecified atom stereocenters. The highest BCUT2D eigenvalue weighted by molar-refractivity contribution is 6.30. The lowest BCUT2D eigenvalue weighted by atomic mass is 9.79. The Morgan fingerprint density at radius 3 is 2.74 bits per heavy atom. The van der Waals surface area contributed by atoms with Crippen molar-refractivity contribution in [3.8, 4) is 0 Å². The van der Waals surface area contributed by atoms with Gasteiger partial charge < -0.3 is 9.64 Å². The molecular weight excluding hydrogens is 326 g/mol. The lowest BCUT2D eigenvalue weighted by molar-refractivity contribution is -0.0231. The normalized spacial score (nSPS) is 25.3. The van der Waals surface area contributed by atoms with Gasteiger partial charge in [0.2, 0.25) is 5.95 Å². The smallest absolute Gasteiger partial charge is 0.410 e. The van der Waals surface area contributed by atoms with Gasteiger partial charge in [-0.3, -0.25) is 0 Å². The minimum Gasteiger partial charge on any atom is -0.444 e. The van der Waals surface area contributed by atoms with Gasteiger partial charge >= 0.3 is 6.09 Å². The van der Waals surface area contributed by atoms with Crippen LogP contribution in [0.2, 0.25) is 5.02 Å². The van der Waals surface area contributed by atoms with Crippen molar-refractivity contribution >= 4 is 17.7 Å². The van der Waals surface area contributed by atoms with Gasteiger partial charge in [-0.25, -0.2) is 14.2 Å². The summed E-state index contributed by atoms with van der Waals surface area (Å²) >= 11 is 5.82. The molecule has 1 amide bonds. The van der Waals surface area contributed by atoms with Crippen molar-refractivity contribution in [3.63, 3.8) is 0 Å². The number of pyridine rings is 1. The first kappa shape index (κ1) is 17.9. The molecule has 2 atom stereocenters. The van der Waals surface area contributed by atoms with E-state index in [-0.39, 0.29) is 30.1 Å². The lowest BCUT2D eigenvalue weighted by Crippen LogP contribution is -2.50. The Balaban J connectivity index is 2.17. The molecule has 7 heteroatoms. The van der Waals surface area contributed by atoms with Gasteiger partial charge in [0, 0.05) is 37.2 Å². The van der Waals surface area contributed by atoms with E-state index in [0.717, 1.165) is 6.20 Å². The van der Waals surface area contributed by atoms with E-state index in [2.05, 4.69) is 4.98 Å². The molecule has 0 aromatic carbocycles. The number of amides is 1. The van der Waals surface area contributed by atoms with Crippen LogP contribution < -0.4 is 0 Å². The number of carbonyl (C=O) groups excluding carboxylic acids is 1. The van der Waals surface area contributed by atoms with Crippen molar-refractivity contribution in [1.82, 2.24) is 9.88 Å². The summed E-state index contributed by atoms with van der Waals surface area (Å²) in [6.45, 7) is 7.22. The fourth-order valence-electron chi connectivity index (χ4n) is 2.72. The zero-order valence-electron chi connectivity index (χ0n) is 13.7. The van der Waals surface area contributed by atoms with Crippen LogP contribution in [0.4, 0.5) is 13.6 Å². The third-order valence-electron chi connectivity index (χ3n) is 3.93. The molecule has 1 aliphatic heterocycles. The zero-order valence-corrected chi connectivity index (χ0v) is 14.5. The van der Waals surface area contributed by atoms with Gasteiger partial charge in [0.1, 0.15) is 11.3 Å². The van der Waals surface area contributed by atoms with E-state index in [1.807, 2.05) is 0 Å². The molecule has 0 aliphatic carbocycles. The Kier molecular flexibility index (Phi) is 4.85. The molecule has 2 heterocycles. The minimum atomic E-state index is -1.92. The molecule has 1 fully saturated rings. The van der Waals surface area contributed by atoms with Gasteiger partial charge in [-0.1, -0.05) is 18.5 Å². The first-order chi connectivity index (χ1) is 10.5. The molecule has 2 rings (SSSR count). The second-order valence-electron chi connectivity index (χ2n) is 6.93. The fraction of sp³-hybridized carbons (Fsp3) is 0.625. The van der Waals surface area contributed by atoms with E-state index in [4.69, 9.17) is 16.3 Å². The highest BCUT2D eigenvalue weighted by Crippen LogP contribution is 2.42. The van der Waals surface area contributed by atoms with E-state index < -0.39 is 29.2 Å². The van der Waals surface area contributed by atoms with Crippen LogP contribution in [0.15, 0.2) is 12.3 Å². The van der Waals surface area contributed by atoms with Crippen molar-refractivity contribution in [2.45, 2.75) is 45.4 Å². The maximum atomic E-state index is 15.4. The Morgan fingerprint density at radius 1 is 1.52 bits per heavy atom. The SMILES string of the molecule is C[C@H]1CN(C(=O)OC(C)(C)C)CC[C@@]1(F)c1cc(Cl)cnc1F. The quantitative estimate of drug-likeness (QED) is 0.711. The zero-order chi connectivity index (χ0) is 17.4. The number of ether oxygens (including phenoxy) is 1. The molecule has 1 aromatic heterocycles. The Morgan fingerprint density at radius 2 is 2.17 bits per heavy atom. The predicted octanol–water partition coefficient (Wildman–Crippen LogP) is 4.32. The number of carbonyl (C=O) groups is 1. The van der Waals surface area contributed by atoms with Gasteiger partial charge in [-0.05, 0) is 26.8 Å². The monoisotopic (exact) mass is 346 g/mol. The van der Waals surface area contributed by atoms with Crippen LogP contribution in [-0.4, -0.2) is 34.7 Å². The molecule has 0 bridgehead atoms. The second-order valence-corrected chi connectivity index (χ2v) is 7.37. The number of aromatic nitrogens is 1. The summed E-state index contributed by atoms with van der Waals surface area (Å²) in [7, 11) is 0. The summed E-state index contributed by atoms with van der Waals surface area (Å²) in [4.78, 5) is 17.0. The van der Waals surface area contributed by atoms with Crippen LogP contribution in [0.3, 0.4) is 0 Å². The van der Waals surface area contributed by atoms with Crippen LogP contribution in [-0.2, 0) is 10.4 Å². The van der Waals surface area contributed by atoms with Crippen molar-refractivity contribution in [2.24, 2.45) is 5.92 Å². The molecule has 4 nitrogen and oxygen atoms in total. The number of hydrogen-bond acceptors (Lipinski definition) is 3.